The van der Waals surface area contributed by atoms with Gasteiger partial charge in [0.1, 0.15) is 5.82 Å². The second-order valence-corrected chi connectivity index (χ2v) is 7.15. The van der Waals surface area contributed by atoms with Gasteiger partial charge in [-0.1, -0.05) is 6.07 Å². The van der Waals surface area contributed by atoms with Crippen LogP contribution in [0.25, 0.3) is 0 Å². The second kappa shape index (κ2) is 7.42. The van der Waals surface area contributed by atoms with Crippen molar-refractivity contribution in [3.8, 4) is 0 Å². The summed E-state index contributed by atoms with van der Waals surface area (Å²) in [6.45, 7) is 1.62. The first-order valence-electron chi connectivity index (χ1n) is 8.75. The molecular weight excluding hydrogens is 354 g/mol. The zero-order chi connectivity index (χ0) is 18.9. The van der Waals surface area contributed by atoms with Crippen molar-refractivity contribution in [1.82, 2.24) is 4.90 Å². The molecule has 4 nitrogen and oxygen atoms in total. The van der Waals surface area contributed by atoms with E-state index >= 15 is 0 Å². The molecule has 3 rings (SSSR count). The molecule has 2 atom stereocenters. The third-order valence-corrected chi connectivity index (χ3v) is 5.71. The van der Waals surface area contributed by atoms with E-state index in [-0.39, 0.29) is 36.8 Å². The third kappa shape index (κ3) is 3.74. The average Bonchev–Trinajstić information content (AvgIpc) is 2.60. The fourth-order valence-electron chi connectivity index (χ4n) is 4.03. The van der Waals surface area contributed by atoms with Crippen LogP contribution in [0, 0.1) is 11.2 Å². The van der Waals surface area contributed by atoms with Crippen LogP contribution in [0.4, 0.5) is 17.6 Å². The molecule has 0 radical (unpaired) electrons. The van der Waals surface area contributed by atoms with E-state index in [4.69, 9.17) is 9.84 Å². The predicted molar refractivity (Wildman–Crippen MR) is 85.8 cm³/mol. The number of piperidine rings is 1. The molecule has 2 unspecified atom stereocenters. The minimum Gasteiger partial charge on any atom is -0.394 e. The van der Waals surface area contributed by atoms with Gasteiger partial charge in [0.2, 0.25) is 0 Å². The number of halogens is 4. The lowest BCUT2D eigenvalue weighted by Gasteiger charge is -2.56. The number of aliphatic hydroxyl groups is 2. The first-order chi connectivity index (χ1) is 12.3. The van der Waals surface area contributed by atoms with Gasteiger partial charge in [-0.15, -0.1) is 0 Å². The predicted octanol–water partition coefficient (Wildman–Crippen LogP) is 2.57. The Morgan fingerprint density at radius 1 is 1.23 bits per heavy atom. The largest absolute Gasteiger partial charge is 0.416 e. The summed E-state index contributed by atoms with van der Waals surface area (Å²) in [4.78, 5) is 1.98. The van der Waals surface area contributed by atoms with Gasteiger partial charge in [-0.05, 0) is 38.1 Å². The van der Waals surface area contributed by atoms with Crippen molar-refractivity contribution in [2.24, 2.45) is 5.41 Å². The molecule has 1 aliphatic carbocycles. The summed E-state index contributed by atoms with van der Waals surface area (Å²) in [5.74, 6) is -0.854. The molecule has 2 N–H and O–H groups in total. The number of alkyl halides is 3. The Morgan fingerprint density at radius 2 is 1.92 bits per heavy atom. The van der Waals surface area contributed by atoms with Crippen molar-refractivity contribution in [2.75, 3.05) is 26.3 Å². The molecule has 0 aromatic heterocycles. The highest BCUT2D eigenvalue weighted by Gasteiger charge is 2.56. The lowest BCUT2D eigenvalue weighted by atomic mass is 9.58. The summed E-state index contributed by atoms with van der Waals surface area (Å²) in [6.07, 6.45) is -3.20. The van der Waals surface area contributed by atoms with Crippen LogP contribution < -0.4 is 0 Å². The minimum absolute atomic E-state index is 0.0675. The monoisotopic (exact) mass is 377 g/mol. The SMILES string of the molecule is OCCOC1CC(O)C12CCN(Cc1ccc(C(F)(F)F)cc1F)CC2. The number of benzene rings is 1. The van der Waals surface area contributed by atoms with E-state index in [1.54, 1.807) is 0 Å². The Labute approximate surface area is 149 Å². The van der Waals surface area contributed by atoms with E-state index in [0.29, 0.717) is 38.4 Å². The van der Waals surface area contributed by atoms with E-state index in [0.717, 1.165) is 6.07 Å². The minimum atomic E-state index is -4.55. The standard InChI is InChI=1S/C18H23F4NO3/c19-14-9-13(18(20,21)22)2-1-12(14)11-23-5-3-17(4-6-23)15(25)10-16(17)26-8-7-24/h1-2,9,15-16,24-25H,3-8,10-11H2. The van der Waals surface area contributed by atoms with Crippen molar-refractivity contribution >= 4 is 0 Å². The molecule has 1 heterocycles. The molecule has 0 amide bonds. The third-order valence-electron chi connectivity index (χ3n) is 5.71. The van der Waals surface area contributed by atoms with Gasteiger partial charge in [0.05, 0.1) is 31.0 Å². The maximum absolute atomic E-state index is 14.0. The number of hydrogen-bond acceptors (Lipinski definition) is 4. The Hall–Kier alpha value is -1.22. The van der Waals surface area contributed by atoms with Gasteiger partial charge in [-0.3, -0.25) is 4.90 Å². The van der Waals surface area contributed by atoms with Crippen LogP contribution in [-0.4, -0.2) is 53.6 Å². The molecule has 0 bridgehead atoms. The van der Waals surface area contributed by atoms with Crippen molar-refractivity contribution in [3.63, 3.8) is 0 Å². The van der Waals surface area contributed by atoms with Gasteiger partial charge in [-0.25, -0.2) is 4.39 Å². The van der Waals surface area contributed by atoms with Crippen LogP contribution in [0.3, 0.4) is 0 Å². The van der Waals surface area contributed by atoms with Crippen LogP contribution in [0.1, 0.15) is 30.4 Å². The number of rotatable bonds is 5. The van der Waals surface area contributed by atoms with Crippen LogP contribution in [0.15, 0.2) is 18.2 Å². The topological polar surface area (TPSA) is 52.9 Å². The molecule has 1 spiro atoms. The number of hydrogen-bond donors (Lipinski definition) is 2. The number of aliphatic hydroxyl groups excluding tert-OH is 2. The lowest BCUT2D eigenvalue weighted by Crippen LogP contribution is -2.62. The maximum atomic E-state index is 14.0. The fourth-order valence-corrected chi connectivity index (χ4v) is 4.03. The smallest absolute Gasteiger partial charge is 0.394 e. The van der Waals surface area contributed by atoms with E-state index in [2.05, 4.69) is 0 Å². The highest BCUT2D eigenvalue weighted by atomic mass is 19.4. The first-order valence-corrected chi connectivity index (χ1v) is 8.75. The van der Waals surface area contributed by atoms with E-state index in [1.807, 2.05) is 4.90 Å². The summed E-state index contributed by atoms with van der Waals surface area (Å²) in [5.41, 5.74) is -1.08. The molecule has 2 fully saturated rings. The highest BCUT2D eigenvalue weighted by molar-refractivity contribution is 5.26. The average molecular weight is 377 g/mol. The molecule has 1 aromatic carbocycles. The van der Waals surface area contributed by atoms with Crippen molar-refractivity contribution in [2.45, 2.75) is 44.2 Å². The van der Waals surface area contributed by atoms with Gasteiger partial charge < -0.3 is 14.9 Å². The first kappa shape index (κ1) is 19.5. The molecule has 26 heavy (non-hydrogen) atoms. The summed E-state index contributed by atoms with van der Waals surface area (Å²) >= 11 is 0. The zero-order valence-electron chi connectivity index (χ0n) is 14.3. The quantitative estimate of drug-likeness (QED) is 0.775. The number of nitrogens with zero attached hydrogens (tertiary/aromatic N) is 1. The Morgan fingerprint density at radius 3 is 2.46 bits per heavy atom. The van der Waals surface area contributed by atoms with Crippen LogP contribution in [0.5, 0.6) is 0 Å². The summed E-state index contributed by atoms with van der Waals surface area (Å²) in [6, 6.07) is 2.63. The molecule has 2 aliphatic rings. The second-order valence-electron chi connectivity index (χ2n) is 7.15. The molecule has 1 saturated carbocycles. The maximum Gasteiger partial charge on any atom is 0.416 e. The van der Waals surface area contributed by atoms with Crippen molar-refractivity contribution < 1.29 is 32.5 Å². The molecule has 146 valence electrons. The highest BCUT2D eigenvalue weighted by Crippen LogP contribution is 2.51. The van der Waals surface area contributed by atoms with E-state index < -0.39 is 23.7 Å². The van der Waals surface area contributed by atoms with Crippen LogP contribution >= 0.6 is 0 Å². The summed E-state index contributed by atoms with van der Waals surface area (Å²) in [7, 11) is 0. The normalized spacial score (nSPS) is 26.1. The van der Waals surface area contributed by atoms with Gasteiger partial charge in [0.15, 0.2) is 0 Å². The van der Waals surface area contributed by atoms with Crippen LogP contribution in [0.2, 0.25) is 0 Å². The van der Waals surface area contributed by atoms with Crippen LogP contribution in [-0.2, 0) is 17.5 Å². The Balaban J connectivity index is 1.59. The molecule has 1 saturated heterocycles. The van der Waals surface area contributed by atoms with E-state index in [9.17, 15) is 22.7 Å². The zero-order valence-corrected chi connectivity index (χ0v) is 14.3. The fraction of sp³-hybridized carbons (Fsp3) is 0.667. The Kier molecular flexibility index (Phi) is 5.58. The molecule has 1 aliphatic heterocycles. The molecule has 8 heteroatoms. The summed E-state index contributed by atoms with van der Waals surface area (Å²) < 4.78 is 57.5. The molecular formula is C18H23F4NO3. The van der Waals surface area contributed by atoms with Crippen molar-refractivity contribution in [3.05, 3.63) is 35.1 Å². The van der Waals surface area contributed by atoms with E-state index in [1.165, 1.54) is 6.07 Å². The lowest BCUT2D eigenvalue weighted by molar-refractivity contribution is -0.213. The Bertz CT molecular complexity index is 629. The molecule has 1 aromatic rings. The number of likely N-dealkylation sites (tertiary alicyclic amines) is 1. The summed E-state index contributed by atoms with van der Waals surface area (Å²) in [5, 5.41) is 19.1. The van der Waals surface area contributed by atoms with Gasteiger partial charge in [0, 0.05) is 23.9 Å². The van der Waals surface area contributed by atoms with Crippen molar-refractivity contribution in [1.29, 1.82) is 0 Å². The van der Waals surface area contributed by atoms with Gasteiger partial charge in [-0.2, -0.15) is 13.2 Å². The number of ether oxygens (including phenoxy) is 1. The van der Waals surface area contributed by atoms with Gasteiger partial charge >= 0.3 is 6.18 Å². The van der Waals surface area contributed by atoms with Gasteiger partial charge in [0.25, 0.3) is 0 Å².